The van der Waals surface area contributed by atoms with Crippen molar-refractivity contribution in [1.82, 2.24) is 4.98 Å². The van der Waals surface area contributed by atoms with Crippen molar-refractivity contribution in [2.24, 2.45) is 0 Å². The first-order valence-corrected chi connectivity index (χ1v) is 5.63. The number of benzene rings is 1. The van der Waals surface area contributed by atoms with Crippen molar-refractivity contribution in [2.45, 2.75) is 13.5 Å². The number of nitrogens with zero attached hydrogens (tertiary/aromatic N) is 1. The molecule has 2 N–H and O–H groups in total. The third-order valence-electron chi connectivity index (χ3n) is 2.29. The average molecular weight is 249 g/mol. The molecule has 17 heavy (non-hydrogen) atoms. The number of rotatable bonds is 3. The largest absolute Gasteiger partial charge is 0.486 e. The van der Waals surface area contributed by atoms with Gasteiger partial charge in [-0.3, -0.25) is 0 Å². The minimum absolute atomic E-state index is 0.355. The molecule has 0 fully saturated rings. The number of hydrogen-bond acceptors (Lipinski definition) is 3. The van der Waals surface area contributed by atoms with Crippen molar-refractivity contribution in [1.29, 1.82) is 0 Å². The average Bonchev–Trinajstić information content (AvgIpc) is 2.30. The molecule has 4 heteroatoms. The van der Waals surface area contributed by atoms with Crippen molar-refractivity contribution in [3.05, 3.63) is 52.7 Å². The molecule has 1 aromatic heterocycles. The molecule has 0 spiro atoms. The molecule has 0 aliphatic rings. The Hall–Kier alpha value is -1.74. The second-order valence-corrected chi connectivity index (χ2v) is 4.18. The molecule has 0 radical (unpaired) electrons. The third kappa shape index (κ3) is 3.11. The van der Waals surface area contributed by atoms with E-state index in [4.69, 9.17) is 22.1 Å². The molecule has 3 nitrogen and oxygen atoms in total. The predicted molar refractivity (Wildman–Crippen MR) is 69.2 cm³/mol. The fourth-order valence-corrected chi connectivity index (χ4v) is 1.62. The van der Waals surface area contributed by atoms with Gasteiger partial charge in [-0.1, -0.05) is 23.7 Å². The fourth-order valence-electron chi connectivity index (χ4n) is 1.45. The second-order valence-electron chi connectivity index (χ2n) is 3.78. The van der Waals surface area contributed by atoms with E-state index in [0.29, 0.717) is 23.2 Å². The van der Waals surface area contributed by atoms with Crippen LogP contribution in [0.4, 0.5) is 5.82 Å². The topological polar surface area (TPSA) is 48.1 Å². The van der Waals surface area contributed by atoms with E-state index < -0.39 is 0 Å². The lowest BCUT2D eigenvalue weighted by molar-refractivity contribution is 0.301. The Bertz CT molecular complexity index is 529. The number of aromatic nitrogens is 1. The Morgan fingerprint density at radius 2 is 2.12 bits per heavy atom. The minimum Gasteiger partial charge on any atom is -0.486 e. The number of ether oxygens (including phenoxy) is 1. The first-order chi connectivity index (χ1) is 8.15. The van der Waals surface area contributed by atoms with Crippen molar-refractivity contribution in [2.75, 3.05) is 5.73 Å². The highest BCUT2D eigenvalue weighted by Crippen LogP contribution is 2.25. The van der Waals surface area contributed by atoms with Gasteiger partial charge in [-0.2, -0.15) is 0 Å². The summed E-state index contributed by atoms with van der Waals surface area (Å²) >= 11 is 6.02. The van der Waals surface area contributed by atoms with Crippen LogP contribution in [0.5, 0.6) is 5.75 Å². The van der Waals surface area contributed by atoms with E-state index in [1.165, 1.54) is 0 Å². The maximum absolute atomic E-state index is 6.02. The monoisotopic (exact) mass is 248 g/mol. The highest BCUT2D eigenvalue weighted by atomic mass is 35.5. The number of aryl methyl sites for hydroxylation is 1. The molecule has 0 saturated heterocycles. The molecule has 2 aromatic rings. The molecule has 0 bridgehead atoms. The van der Waals surface area contributed by atoms with E-state index in [1.807, 2.05) is 37.3 Å². The lowest BCUT2D eigenvalue weighted by Gasteiger charge is -2.08. The van der Waals surface area contributed by atoms with Crippen LogP contribution in [0.25, 0.3) is 0 Å². The first-order valence-electron chi connectivity index (χ1n) is 5.25. The maximum Gasteiger partial charge on any atom is 0.138 e. The van der Waals surface area contributed by atoms with Crippen LogP contribution in [0.1, 0.15) is 11.3 Å². The third-order valence-corrected chi connectivity index (χ3v) is 2.60. The van der Waals surface area contributed by atoms with E-state index >= 15 is 0 Å². The summed E-state index contributed by atoms with van der Waals surface area (Å²) in [6.07, 6.45) is 0. The quantitative estimate of drug-likeness (QED) is 0.907. The van der Waals surface area contributed by atoms with Crippen LogP contribution >= 0.6 is 11.6 Å². The molecule has 0 aliphatic carbocycles. The Morgan fingerprint density at radius 1 is 1.29 bits per heavy atom. The molecule has 0 saturated carbocycles. The van der Waals surface area contributed by atoms with E-state index in [1.54, 1.807) is 6.07 Å². The summed E-state index contributed by atoms with van der Waals surface area (Å²) < 4.78 is 5.61. The number of nitrogens with two attached hydrogens (primary N) is 1. The lowest BCUT2D eigenvalue weighted by atomic mass is 10.2. The lowest BCUT2D eigenvalue weighted by Crippen LogP contribution is -2.00. The fraction of sp³-hybridized carbons (Fsp3) is 0.154. The summed E-state index contributed by atoms with van der Waals surface area (Å²) in [4.78, 5) is 4.15. The van der Waals surface area contributed by atoms with Gasteiger partial charge in [0.1, 0.15) is 18.2 Å². The highest BCUT2D eigenvalue weighted by molar-refractivity contribution is 6.32. The van der Waals surface area contributed by atoms with Gasteiger partial charge < -0.3 is 10.5 Å². The minimum atomic E-state index is 0.355. The SMILES string of the molecule is Cc1ccc(Cl)c(OCc2cccc(N)n2)c1. The van der Waals surface area contributed by atoms with Crippen LogP contribution in [0.15, 0.2) is 36.4 Å². The van der Waals surface area contributed by atoms with E-state index in [-0.39, 0.29) is 0 Å². The van der Waals surface area contributed by atoms with E-state index in [2.05, 4.69) is 4.98 Å². The van der Waals surface area contributed by atoms with Gasteiger partial charge in [0.25, 0.3) is 0 Å². The van der Waals surface area contributed by atoms with Crippen molar-refractivity contribution < 1.29 is 4.74 Å². The molecule has 0 aliphatic heterocycles. The van der Waals surface area contributed by atoms with Crippen molar-refractivity contribution in [3.63, 3.8) is 0 Å². The van der Waals surface area contributed by atoms with E-state index in [0.717, 1.165) is 11.3 Å². The molecular formula is C13H13ClN2O. The van der Waals surface area contributed by atoms with Gasteiger partial charge in [-0.05, 0) is 36.8 Å². The summed E-state index contributed by atoms with van der Waals surface area (Å²) in [5, 5.41) is 0.597. The molecule has 88 valence electrons. The zero-order valence-electron chi connectivity index (χ0n) is 9.48. The number of anilines is 1. The summed E-state index contributed by atoms with van der Waals surface area (Å²) in [5.74, 6) is 1.15. The van der Waals surface area contributed by atoms with Gasteiger partial charge in [0.2, 0.25) is 0 Å². The standard InChI is InChI=1S/C13H13ClN2O/c1-9-5-6-11(14)12(7-9)17-8-10-3-2-4-13(15)16-10/h2-7H,8H2,1H3,(H2,15,16). The van der Waals surface area contributed by atoms with Crippen LogP contribution in [0.2, 0.25) is 5.02 Å². The van der Waals surface area contributed by atoms with Crippen molar-refractivity contribution >= 4 is 17.4 Å². The Morgan fingerprint density at radius 3 is 2.88 bits per heavy atom. The predicted octanol–water partition coefficient (Wildman–Crippen LogP) is 3.20. The Kier molecular flexibility index (Phi) is 3.49. The van der Waals surface area contributed by atoms with Gasteiger partial charge in [-0.25, -0.2) is 4.98 Å². The molecule has 1 aromatic carbocycles. The number of halogens is 1. The van der Waals surface area contributed by atoms with Crippen molar-refractivity contribution in [3.8, 4) is 5.75 Å². The normalized spacial score (nSPS) is 10.2. The van der Waals surface area contributed by atoms with Crippen LogP contribution in [-0.2, 0) is 6.61 Å². The zero-order valence-corrected chi connectivity index (χ0v) is 10.2. The van der Waals surface area contributed by atoms with Crippen LogP contribution in [-0.4, -0.2) is 4.98 Å². The molecule has 1 heterocycles. The van der Waals surface area contributed by atoms with Crippen LogP contribution in [0.3, 0.4) is 0 Å². The Labute approximate surface area is 105 Å². The summed E-state index contributed by atoms with van der Waals surface area (Å²) in [7, 11) is 0. The van der Waals surface area contributed by atoms with Gasteiger partial charge >= 0.3 is 0 Å². The summed E-state index contributed by atoms with van der Waals surface area (Å²) in [6, 6.07) is 11.1. The van der Waals surface area contributed by atoms with Crippen LogP contribution < -0.4 is 10.5 Å². The van der Waals surface area contributed by atoms with Gasteiger partial charge in [0.05, 0.1) is 10.7 Å². The molecular weight excluding hydrogens is 236 g/mol. The summed E-state index contributed by atoms with van der Waals surface area (Å²) in [6.45, 7) is 2.34. The zero-order chi connectivity index (χ0) is 12.3. The van der Waals surface area contributed by atoms with E-state index in [9.17, 15) is 0 Å². The highest BCUT2D eigenvalue weighted by Gasteiger charge is 2.03. The number of nitrogen functional groups attached to an aromatic ring is 1. The second kappa shape index (κ2) is 5.06. The molecule has 0 amide bonds. The molecule has 0 unspecified atom stereocenters. The van der Waals surface area contributed by atoms with Crippen LogP contribution in [0, 0.1) is 6.92 Å². The number of hydrogen-bond donors (Lipinski definition) is 1. The van der Waals surface area contributed by atoms with Gasteiger partial charge in [-0.15, -0.1) is 0 Å². The van der Waals surface area contributed by atoms with Gasteiger partial charge in [0.15, 0.2) is 0 Å². The summed E-state index contributed by atoms with van der Waals surface area (Å²) in [5.41, 5.74) is 7.47. The molecule has 2 rings (SSSR count). The van der Waals surface area contributed by atoms with Gasteiger partial charge in [0, 0.05) is 0 Å². The Balaban J connectivity index is 2.09. The smallest absolute Gasteiger partial charge is 0.138 e. The first kappa shape index (κ1) is 11.7. The molecule has 0 atom stereocenters. The number of pyridine rings is 1. The maximum atomic E-state index is 6.02.